The van der Waals surface area contributed by atoms with Crippen LogP contribution < -0.4 is 16.0 Å². The van der Waals surface area contributed by atoms with Crippen LogP contribution in [-0.4, -0.2) is 49.4 Å². The lowest BCUT2D eigenvalue weighted by atomic mass is 10.0. The summed E-state index contributed by atoms with van der Waals surface area (Å²) >= 11 is 6.18. The van der Waals surface area contributed by atoms with Crippen LogP contribution in [0.1, 0.15) is 25.3 Å². The largest absolute Gasteiger partial charge is 0.378 e. The van der Waals surface area contributed by atoms with Crippen molar-refractivity contribution in [2.24, 2.45) is 15.7 Å². The van der Waals surface area contributed by atoms with Gasteiger partial charge in [0, 0.05) is 29.5 Å². The van der Waals surface area contributed by atoms with E-state index in [4.69, 9.17) is 22.1 Å². The molecule has 1 saturated heterocycles. The molecule has 0 bridgehead atoms. The summed E-state index contributed by atoms with van der Waals surface area (Å²) in [6.07, 6.45) is -0.455. The Morgan fingerprint density at radius 2 is 1.87 bits per heavy atom. The third-order valence-electron chi connectivity index (χ3n) is 5.18. The Morgan fingerprint density at radius 3 is 2.53 bits per heavy atom. The first-order valence-corrected chi connectivity index (χ1v) is 10.5. The lowest BCUT2D eigenvalue weighted by molar-refractivity contribution is 0.0671. The summed E-state index contributed by atoms with van der Waals surface area (Å²) < 4.78 is 5.53. The van der Waals surface area contributed by atoms with Crippen molar-refractivity contribution in [2.75, 3.05) is 36.5 Å². The van der Waals surface area contributed by atoms with E-state index >= 15 is 0 Å². The minimum atomic E-state index is -0.455. The van der Waals surface area contributed by atoms with Crippen molar-refractivity contribution >= 4 is 34.9 Å². The summed E-state index contributed by atoms with van der Waals surface area (Å²) in [6.45, 7) is 7.17. The zero-order valence-corrected chi connectivity index (χ0v) is 18.0. The quantitative estimate of drug-likeness (QED) is 0.779. The Balaban J connectivity index is 1.71. The molecule has 2 aliphatic rings. The Labute approximate surface area is 182 Å². The second kappa shape index (κ2) is 8.93. The Kier molecular flexibility index (Phi) is 6.11. The first kappa shape index (κ1) is 20.5. The summed E-state index contributed by atoms with van der Waals surface area (Å²) in [5, 5.41) is 4.10. The number of morpholine rings is 1. The predicted octanol–water partition coefficient (Wildman–Crippen LogP) is 3.68. The van der Waals surface area contributed by atoms with Crippen LogP contribution >= 0.6 is 11.6 Å². The standard InChI is InChI=1S/C22H27ClN6O/c1-15(2)16-6-8-19(9-7-16)29-21(25-18-5-3-4-17(23)14-18)26-20(24)27-22(29)28-10-12-30-13-11-28/h3-9,14-15,21,25H,10-13H2,1-2H3,(H2,24,26). The van der Waals surface area contributed by atoms with Gasteiger partial charge in [-0.15, -0.1) is 0 Å². The Hall–Kier alpha value is -2.77. The van der Waals surface area contributed by atoms with E-state index in [0.29, 0.717) is 24.2 Å². The minimum absolute atomic E-state index is 0.242. The van der Waals surface area contributed by atoms with E-state index < -0.39 is 6.29 Å². The smallest absolute Gasteiger partial charge is 0.222 e. The zero-order valence-electron chi connectivity index (χ0n) is 17.3. The van der Waals surface area contributed by atoms with E-state index in [9.17, 15) is 0 Å². The summed E-state index contributed by atoms with van der Waals surface area (Å²) in [6, 6.07) is 16.1. The van der Waals surface area contributed by atoms with Gasteiger partial charge < -0.3 is 20.7 Å². The van der Waals surface area contributed by atoms with Gasteiger partial charge in [0.2, 0.25) is 18.2 Å². The van der Waals surface area contributed by atoms with Crippen molar-refractivity contribution in [3.63, 3.8) is 0 Å². The average Bonchev–Trinajstić information content (AvgIpc) is 2.74. The second-order valence-corrected chi connectivity index (χ2v) is 8.08. The molecule has 4 rings (SSSR count). The molecule has 3 N–H and O–H groups in total. The maximum Gasteiger partial charge on any atom is 0.222 e. The third kappa shape index (κ3) is 4.52. The molecule has 0 saturated carbocycles. The molecule has 2 aromatic carbocycles. The number of rotatable bonds is 4. The molecule has 0 aliphatic carbocycles. The molecular formula is C22H27ClN6O. The van der Waals surface area contributed by atoms with E-state index in [0.717, 1.165) is 30.4 Å². The highest BCUT2D eigenvalue weighted by atomic mass is 35.5. The van der Waals surface area contributed by atoms with Crippen LogP contribution in [0.3, 0.4) is 0 Å². The number of nitrogens with zero attached hydrogens (tertiary/aromatic N) is 4. The van der Waals surface area contributed by atoms with Crippen molar-refractivity contribution < 1.29 is 4.74 Å². The van der Waals surface area contributed by atoms with E-state index in [1.54, 1.807) is 0 Å². The summed E-state index contributed by atoms with van der Waals surface area (Å²) in [5.41, 5.74) is 9.25. The highest BCUT2D eigenvalue weighted by Gasteiger charge is 2.32. The fraction of sp³-hybridized carbons (Fsp3) is 0.364. The van der Waals surface area contributed by atoms with Crippen molar-refractivity contribution in [2.45, 2.75) is 26.1 Å². The van der Waals surface area contributed by atoms with E-state index in [2.05, 4.69) is 63.2 Å². The van der Waals surface area contributed by atoms with Crippen molar-refractivity contribution in [1.82, 2.24) is 4.90 Å². The van der Waals surface area contributed by atoms with E-state index in [1.165, 1.54) is 5.56 Å². The number of guanidine groups is 2. The Morgan fingerprint density at radius 1 is 1.13 bits per heavy atom. The van der Waals surface area contributed by atoms with Gasteiger partial charge in [-0.05, 0) is 41.8 Å². The number of hydrogen-bond acceptors (Lipinski definition) is 7. The number of nitrogens with one attached hydrogen (secondary N) is 1. The van der Waals surface area contributed by atoms with Gasteiger partial charge >= 0.3 is 0 Å². The predicted molar refractivity (Wildman–Crippen MR) is 123 cm³/mol. The van der Waals surface area contributed by atoms with Gasteiger partial charge in [0.1, 0.15) is 0 Å². The highest BCUT2D eigenvalue weighted by molar-refractivity contribution is 6.30. The van der Waals surface area contributed by atoms with Gasteiger partial charge in [-0.2, -0.15) is 4.99 Å². The lowest BCUT2D eigenvalue weighted by Gasteiger charge is -2.41. The third-order valence-corrected chi connectivity index (χ3v) is 5.42. The molecule has 158 valence electrons. The number of halogens is 1. The minimum Gasteiger partial charge on any atom is -0.378 e. The second-order valence-electron chi connectivity index (χ2n) is 7.64. The maximum absolute atomic E-state index is 6.18. The molecule has 1 fully saturated rings. The van der Waals surface area contributed by atoms with Crippen LogP contribution in [0.15, 0.2) is 58.5 Å². The molecule has 0 aromatic heterocycles. The van der Waals surface area contributed by atoms with Crippen molar-refractivity contribution in [3.8, 4) is 0 Å². The van der Waals surface area contributed by atoms with Gasteiger partial charge in [-0.25, -0.2) is 4.99 Å². The molecule has 1 unspecified atom stereocenters. The van der Waals surface area contributed by atoms with Crippen molar-refractivity contribution in [1.29, 1.82) is 0 Å². The fourth-order valence-corrected chi connectivity index (χ4v) is 3.75. The number of hydrogen-bond donors (Lipinski definition) is 2. The molecule has 7 nitrogen and oxygen atoms in total. The molecule has 2 aromatic rings. The summed E-state index contributed by atoms with van der Waals surface area (Å²) in [5.74, 6) is 1.47. The molecule has 0 amide bonds. The van der Waals surface area contributed by atoms with Crippen LogP contribution in [0.4, 0.5) is 11.4 Å². The van der Waals surface area contributed by atoms with E-state index in [1.807, 2.05) is 24.3 Å². The monoisotopic (exact) mass is 426 g/mol. The van der Waals surface area contributed by atoms with Gasteiger partial charge in [0.15, 0.2) is 0 Å². The average molecular weight is 427 g/mol. The number of nitrogens with two attached hydrogens (primary N) is 1. The normalized spacial score (nSPS) is 19.5. The molecule has 0 spiro atoms. The summed E-state index contributed by atoms with van der Waals surface area (Å²) in [7, 11) is 0. The highest BCUT2D eigenvalue weighted by Crippen LogP contribution is 2.27. The molecular weight excluding hydrogens is 400 g/mol. The number of ether oxygens (including phenoxy) is 1. The first-order chi connectivity index (χ1) is 14.5. The van der Waals surface area contributed by atoms with E-state index in [-0.39, 0.29) is 5.96 Å². The lowest BCUT2D eigenvalue weighted by Crippen LogP contribution is -2.57. The summed E-state index contributed by atoms with van der Waals surface area (Å²) in [4.78, 5) is 13.5. The SMILES string of the molecule is CC(C)c1ccc(N2C(N3CCOCC3)=NC(N)=NC2Nc2cccc(Cl)c2)cc1. The van der Waals surface area contributed by atoms with Gasteiger partial charge in [0.05, 0.1) is 13.2 Å². The maximum atomic E-state index is 6.18. The van der Waals surface area contributed by atoms with Crippen molar-refractivity contribution in [3.05, 3.63) is 59.1 Å². The molecule has 2 aliphatic heterocycles. The topological polar surface area (TPSA) is 78.5 Å². The number of aliphatic imine (C=N–C) groups is 2. The molecule has 30 heavy (non-hydrogen) atoms. The first-order valence-electron chi connectivity index (χ1n) is 10.2. The number of benzene rings is 2. The number of anilines is 2. The van der Waals surface area contributed by atoms with Crippen LogP contribution in [-0.2, 0) is 4.74 Å². The molecule has 8 heteroatoms. The molecule has 1 atom stereocenters. The zero-order chi connectivity index (χ0) is 21.1. The molecule has 0 radical (unpaired) electrons. The van der Waals surface area contributed by atoms with Crippen LogP contribution in [0.25, 0.3) is 0 Å². The van der Waals surface area contributed by atoms with Crippen LogP contribution in [0.5, 0.6) is 0 Å². The fourth-order valence-electron chi connectivity index (χ4n) is 3.56. The van der Waals surface area contributed by atoms with Crippen LogP contribution in [0, 0.1) is 0 Å². The van der Waals surface area contributed by atoms with Gasteiger partial charge in [-0.3, -0.25) is 4.90 Å². The Bertz CT molecular complexity index is 937. The van der Waals surface area contributed by atoms with Gasteiger partial charge in [-0.1, -0.05) is 43.6 Å². The van der Waals surface area contributed by atoms with Crippen LogP contribution in [0.2, 0.25) is 5.02 Å². The molecule has 2 heterocycles. The van der Waals surface area contributed by atoms with Gasteiger partial charge in [0.25, 0.3) is 0 Å².